The maximum atomic E-state index is 13.5. The summed E-state index contributed by atoms with van der Waals surface area (Å²) in [7, 11) is 0. The SMILES string of the molecule is CCCn1c(-c2nc(Cl)c3c(n2)OCCNC3=O)c(C(=O)C(F)(F)F)c2ccccc21. The van der Waals surface area contributed by atoms with Crippen LogP contribution in [0.5, 0.6) is 5.88 Å². The number of Topliss-reactive ketones (excluding diaryl/α,β-unsaturated/α-hetero) is 1. The molecule has 11 heteroatoms. The van der Waals surface area contributed by atoms with E-state index in [2.05, 4.69) is 15.3 Å². The van der Waals surface area contributed by atoms with Crippen LogP contribution < -0.4 is 10.1 Å². The van der Waals surface area contributed by atoms with Crippen molar-refractivity contribution in [3.63, 3.8) is 0 Å². The Balaban J connectivity index is 2.07. The first-order valence-corrected chi connectivity index (χ1v) is 9.83. The lowest BCUT2D eigenvalue weighted by Crippen LogP contribution is -2.25. The van der Waals surface area contributed by atoms with Crippen LogP contribution in [0.3, 0.4) is 0 Å². The van der Waals surface area contributed by atoms with Gasteiger partial charge in [0, 0.05) is 17.4 Å². The fraction of sp³-hybridized carbons (Fsp3) is 0.300. The lowest BCUT2D eigenvalue weighted by Gasteiger charge is -2.13. The summed E-state index contributed by atoms with van der Waals surface area (Å²) in [6.07, 6.45) is -4.54. The number of ketones is 1. The summed E-state index contributed by atoms with van der Waals surface area (Å²) in [4.78, 5) is 33.0. The molecule has 0 unspecified atom stereocenters. The molecular weight excluding hydrogens is 437 g/mol. The summed E-state index contributed by atoms with van der Waals surface area (Å²) >= 11 is 6.21. The van der Waals surface area contributed by atoms with Crippen molar-refractivity contribution in [1.29, 1.82) is 0 Å². The summed E-state index contributed by atoms with van der Waals surface area (Å²) in [6, 6.07) is 6.28. The topological polar surface area (TPSA) is 86.1 Å². The number of benzene rings is 1. The highest BCUT2D eigenvalue weighted by molar-refractivity contribution is 6.33. The van der Waals surface area contributed by atoms with Gasteiger partial charge in [0.25, 0.3) is 11.7 Å². The van der Waals surface area contributed by atoms with E-state index in [4.69, 9.17) is 16.3 Å². The quantitative estimate of drug-likeness (QED) is 0.477. The van der Waals surface area contributed by atoms with Gasteiger partial charge in [-0.05, 0) is 12.5 Å². The molecule has 2 aromatic heterocycles. The Morgan fingerprint density at radius 3 is 2.74 bits per heavy atom. The number of ether oxygens (including phenoxy) is 1. The second-order valence-corrected chi connectivity index (χ2v) is 7.20. The van der Waals surface area contributed by atoms with Gasteiger partial charge in [-0.1, -0.05) is 36.7 Å². The van der Waals surface area contributed by atoms with Crippen molar-refractivity contribution >= 4 is 34.2 Å². The van der Waals surface area contributed by atoms with E-state index in [1.807, 2.05) is 6.92 Å². The number of nitrogens with one attached hydrogen (secondary N) is 1. The average Bonchev–Trinajstić information content (AvgIpc) is 2.90. The molecule has 1 aliphatic rings. The molecule has 1 aromatic carbocycles. The van der Waals surface area contributed by atoms with E-state index in [-0.39, 0.29) is 46.7 Å². The van der Waals surface area contributed by atoms with Crippen LogP contribution in [0, 0.1) is 0 Å². The van der Waals surface area contributed by atoms with Gasteiger partial charge < -0.3 is 14.6 Å². The molecule has 0 saturated heterocycles. The van der Waals surface area contributed by atoms with Gasteiger partial charge in [-0.15, -0.1) is 0 Å². The van der Waals surface area contributed by atoms with Crippen LogP contribution in [0.15, 0.2) is 24.3 Å². The van der Waals surface area contributed by atoms with Crippen LogP contribution in [0.1, 0.15) is 34.1 Å². The standard InChI is InChI=1S/C20H16ClF3N4O3/c1-2-8-28-11-6-4-3-5-10(11)12(15(29)20(22,23)24)14(28)17-26-16(21)13-18(30)25-7-9-31-19(13)27-17/h3-6H,2,7-9H2,1H3,(H,25,30). The van der Waals surface area contributed by atoms with Gasteiger partial charge in [0.2, 0.25) is 5.88 Å². The van der Waals surface area contributed by atoms with Crippen molar-refractivity contribution in [1.82, 2.24) is 19.9 Å². The number of amides is 1. The number of fused-ring (bicyclic) bond motifs is 2. The molecule has 3 aromatic rings. The molecule has 0 saturated carbocycles. The van der Waals surface area contributed by atoms with Crippen LogP contribution in [0.4, 0.5) is 13.2 Å². The minimum Gasteiger partial charge on any atom is -0.475 e. The number of carbonyl (C=O) groups is 2. The zero-order chi connectivity index (χ0) is 22.3. The fourth-order valence-electron chi connectivity index (χ4n) is 3.58. The lowest BCUT2D eigenvalue weighted by molar-refractivity contribution is -0.0883. The number of nitrogens with zero attached hydrogens (tertiary/aromatic N) is 3. The largest absolute Gasteiger partial charge is 0.475 e. The molecule has 0 bridgehead atoms. The maximum absolute atomic E-state index is 13.5. The molecular formula is C20H16ClF3N4O3. The Kier molecular flexibility index (Phi) is 5.34. The molecule has 7 nitrogen and oxygen atoms in total. The Bertz CT molecular complexity index is 1210. The zero-order valence-corrected chi connectivity index (χ0v) is 17.0. The first-order chi connectivity index (χ1) is 14.7. The van der Waals surface area contributed by atoms with Crippen molar-refractivity contribution in [3.8, 4) is 17.4 Å². The molecule has 0 radical (unpaired) electrons. The second kappa shape index (κ2) is 7.84. The van der Waals surface area contributed by atoms with Crippen LogP contribution in [-0.4, -0.2) is 45.6 Å². The minimum absolute atomic E-state index is 0.0950. The monoisotopic (exact) mass is 452 g/mol. The van der Waals surface area contributed by atoms with Gasteiger partial charge in [0.05, 0.1) is 17.8 Å². The number of hydrogen-bond acceptors (Lipinski definition) is 5. The van der Waals surface area contributed by atoms with E-state index < -0.39 is 23.4 Å². The van der Waals surface area contributed by atoms with Crippen LogP contribution in [0.2, 0.25) is 5.15 Å². The first kappa shape index (κ1) is 21.1. The summed E-state index contributed by atoms with van der Waals surface area (Å²) < 4.78 is 47.6. The van der Waals surface area contributed by atoms with Crippen molar-refractivity contribution < 1.29 is 27.5 Å². The summed E-state index contributed by atoms with van der Waals surface area (Å²) in [5.41, 5.74) is -0.362. The number of para-hydroxylation sites is 1. The second-order valence-electron chi connectivity index (χ2n) is 6.84. The molecule has 31 heavy (non-hydrogen) atoms. The normalized spacial score (nSPS) is 14.0. The number of halogens is 4. The Hall–Kier alpha value is -3.14. The van der Waals surface area contributed by atoms with Gasteiger partial charge in [-0.3, -0.25) is 9.59 Å². The molecule has 3 heterocycles. The molecule has 0 spiro atoms. The van der Waals surface area contributed by atoms with Gasteiger partial charge in [-0.25, -0.2) is 4.98 Å². The number of hydrogen-bond donors (Lipinski definition) is 1. The van der Waals surface area contributed by atoms with Crippen LogP contribution in [-0.2, 0) is 6.54 Å². The third kappa shape index (κ3) is 3.60. The molecule has 0 fully saturated rings. The van der Waals surface area contributed by atoms with Gasteiger partial charge in [-0.2, -0.15) is 18.2 Å². The average molecular weight is 453 g/mol. The molecule has 1 N–H and O–H groups in total. The first-order valence-electron chi connectivity index (χ1n) is 9.45. The molecule has 0 aliphatic carbocycles. The van der Waals surface area contributed by atoms with Crippen LogP contribution >= 0.6 is 11.6 Å². The summed E-state index contributed by atoms with van der Waals surface area (Å²) in [6.45, 7) is 2.45. The number of alkyl halides is 3. The van der Waals surface area contributed by atoms with Gasteiger partial charge in [0.15, 0.2) is 5.82 Å². The number of aromatic nitrogens is 3. The van der Waals surface area contributed by atoms with Gasteiger partial charge >= 0.3 is 6.18 Å². The Morgan fingerprint density at radius 2 is 2.03 bits per heavy atom. The number of carbonyl (C=O) groups excluding carboxylic acids is 2. The third-order valence-electron chi connectivity index (χ3n) is 4.80. The third-order valence-corrected chi connectivity index (χ3v) is 5.07. The zero-order valence-electron chi connectivity index (χ0n) is 16.2. The van der Waals surface area contributed by atoms with Crippen molar-refractivity contribution in [2.75, 3.05) is 13.2 Å². The van der Waals surface area contributed by atoms with E-state index in [0.29, 0.717) is 18.5 Å². The lowest BCUT2D eigenvalue weighted by atomic mass is 10.1. The van der Waals surface area contributed by atoms with E-state index in [1.165, 1.54) is 6.07 Å². The molecule has 1 aliphatic heterocycles. The molecule has 162 valence electrons. The highest BCUT2D eigenvalue weighted by Crippen LogP contribution is 2.38. The van der Waals surface area contributed by atoms with E-state index >= 15 is 0 Å². The van der Waals surface area contributed by atoms with Crippen molar-refractivity contribution in [3.05, 3.63) is 40.5 Å². The Labute approximate surface area is 179 Å². The summed E-state index contributed by atoms with van der Waals surface area (Å²) in [5.74, 6) is -2.94. The molecule has 1 amide bonds. The van der Waals surface area contributed by atoms with Gasteiger partial charge in [0.1, 0.15) is 17.3 Å². The van der Waals surface area contributed by atoms with E-state index in [0.717, 1.165) is 0 Å². The number of rotatable bonds is 4. The van der Waals surface area contributed by atoms with Crippen LogP contribution in [0.25, 0.3) is 22.4 Å². The highest BCUT2D eigenvalue weighted by atomic mass is 35.5. The molecule has 4 rings (SSSR count). The Morgan fingerprint density at radius 1 is 1.29 bits per heavy atom. The minimum atomic E-state index is -5.11. The smallest absolute Gasteiger partial charge is 0.454 e. The summed E-state index contributed by atoms with van der Waals surface area (Å²) in [5, 5.41) is 2.41. The highest BCUT2D eigenvalue weighted by Gasteiger charge is 2.43. The number of aryl methyl sites for hydroxylation is 1. The maximum Gasteiger partial charge on any atom is 0.454 e. The fourth-order valence-corrected chi connectivity index (χ4v) is 3.83. The molecule has 0 atom stereocenters. The predicted octanol–water partition coefficient (Wildman–Crippen LogP) is 4.03. The van der Waals surface area contributed by atoms with Crippen molar-refractivity contribution in [2.45, 2.75) is 26.1 Å². The van der Waals surface area contributed by atoms with E-state index in [9.17, 15) is 22.8 Å². The van der Waals surface area contributed by atoms with Crippen molar-refractivity contribution in [2.24, 2.45) is 0 Å². The van der Waals surface area contributed by atoms with E-state index in [1.54, 1.807) is 22.8 Å². The predicted molar refractivity (Wildman–Crippen MR) is 106 cm³/mol.